The Bertz CT molecular complexity index is 926. The zero-order valence-electron chi connectivity index (χ0n) is 11.5. The van der Waals surface area contributed by atoms with Gasteiger partial charge in [0.2, 0.25) is 0 Å². The molecule has 1 unspecified atom stereocenters. The molecule has 0 amide bonds. The summed E-state index contributed by atoms with van der Waals surface area (Å²) in [4.78, 5) is 0. The van der Waals surface area contributed by atoms with Crippen LogP contribution in [0.5, 0.6) is 5.75 Å². The second kappa shape index (κ2) is 6.40. The minimum absolute atomic E-state index is 0.0539. The van der Waals surface area contributed by atoms with Gasteiger partial charge in [-0.2, -0.15) is 0 Å². The largest absolute Gasteiger partial charge is 0.442 e. The summed E-state index contributed by atoms with van der Waals surface area (Å²) in [6, 6.07) is 8.87. The zero-order valence-corrected chi connectivity index (χ0v) is 14.2. The van der Waals surface area contributed by atoms with Crippen molar-refractivity contribution in [2.24, 2.45) is 13.5 Å². The van der Waals surface area contributed by atoms with Crippen LogP contribution < -0.4 is 4.52 Å². The first-order chi connectivity index (χ1) is 11.3. The van der Waals surface area contributed by atoms with Crippen LogP contribution in [0, 0.1) is 11.6 Å². The number of hydrogen-bond acceptors (Lipinski definition) is 4. The Morgan fingerprint density at radius 3 is 2.17 bits per heavy atom. The molecule has 2 aromatic rings. The number of nitrogens with zero attached hydrogens (tertiary/aromatic N) is 3. The van der Waals surface area contributed by atoms with E-state index in [1.54, 1.807) is 0 Å². The van der Waals surface area contributed by atoms with Crippen molar-refractivity contribution in [2.75, 3.05) is 0 Å². The Labute approximate surface area is 135 Å². The molecule has 24 heavy (non-hydrogen) atoms. The van der Waals surface area contributed by atoms with Crippen LogP contribution in [0.15, 0.2) is 56.0 Å². The molecular formula is C12H7F5N3OP3. The van der Waals surface area contributed by atoms with Gasteiger partial charge in [-0.1, -0.05) is 18.2 Å². The highest BCUT2D eigenvalue weighted by atomic mass is 31.3. The van der Waals surface area contributed by atoms with E-state index in [1.807, 2.05) is 0 Å². The monoisotopic (exact) mass is 397 g/mol. The molecule has 1 aliphatic rings. The lowest BCUT2D eigenvalue weighted by atomic mass is 10.1. The zero-order chi connectivity index (χ0) is 17.4. The van der Waals surface area contributed by atoms with Crippen LogP contribution in [0.3, 0.4) is 0 Å². The lowest BCUT2D eigenvalue weighted by Crippen LogP contribution is -1.88. The first kappa shape index (κ1) is 17.3. The number of halogens is 5. The minimum Gasteiger partial charge on any atom is -0.419 e. The molecule has 1 aliphatic heterocycles. The van der Waals surface area contributed by atoms with Gasteiger partial charge in [0.1, 0.15) is 5.75 Å². The van der Waals surface area contributed by atoms with Gasteiger partial charge in [-0.15, -0.1) is 26.1 Å². The van der Waals surface area contributed by atoms with Gasteiger partial charge in [0.05, 0.1) is 0 Å². The lowest BCUT2D eigenvalue weighted by molar-refractivity contribution is 0.509. The predicted octanol–water partition coefficient (Wildman–Crippen LogP) is 7.87. The fourth-order valence-electron chi connectivity index (χ4n) is 1.84. The molecule has 1 heterocycles. The van der Waals surface area contributed by atoms with Crippen LogP contribution in [0.2, 0.25) is 0 Å². The molecule has 0 aromatic heterocycles. The molecule has 2 aromatic carbocycles. The quantitative estimate of drug-likeness (QED) is 0.384. The molecule has 0 bridgehead atoms. The molecule has 12 heteroatoms. The van der Waals surface area contributed by atoms with E-state index < -0.39 is 35.7 Å². The summed E-state index contributed by atoms with van der Waals surface area (Å²) >= 11 is 0. The van der Waals surface area contributed by atoms with Gasteiger partial charge in [0.15, 0.2) is 20.2 Å². The molecule has 0 N–H and O–H groups in total. The molecule has 0 spiro atoms. The number of benzene rings is 2. The van der Waals surface area contributed by atoms with Crippen LogP contribution in [0.1, 0.15) is 0 Å². The topological polar surface area (TPSA) is 46.3 Å². The fraction of sp³-hybridized carbons (Fsp3) is 0. The molecule has 0 saturated heterocycles. The maximum absolute atomic E-state index is 14.2. The average molecular weight is 397 g/mol. The highest BCUT2D eigenvalue weighted by molar-refractivity contribution is 7.72. The van der Waals surface area contributed by atoms with Gasteiger partial charge in [0, 0.05) is 0 Å². The van der Waals surface area contributed by atoms with E-state index in [2.05, 4.69) is 13.5 Å². The van der Waals surface area contributed by atoms with E-state index in [4.69, 9.17) is 4.52 Å². The van der Waals surface area contributed by atoms with E-state index in [0.29, 0.717) is 11.1 Å². The SMILES string of the molecule is Fc1ccc(-c2ccc(OP3(F)=NP=NP(F)(F)=N3)cc2)cc1F. The number of hydrogen-bond donors (Lipinski definition) is 0. The van der Waals surface area contributed by atoms with Gasteiger partial charge in [-0.3, -0.25) is 0 Å². The third-order valence-electron chi connectivity index (χ3n) is 2.84. The van der Waals surface area contributed by atoms with Gasteiger partial charge < -0.3 is 4.52 Å². The molecule has 126 valence electrons. The lowest BCUT2D eigenvalue weighted by Gasteiger charge is -2.14. The van der Waals surface area contributed by atoms with Crippen molar-refractivity contribution in [3.05, 3.63) is 54.1 Å². The van der Waals surface area contributed by atoms with E-state index in [0.717, 1.165) is 12.1 Å². The third-order valence-corrected chi connectivity index (χ3v) is 7.41. The molecule has 0 saturated carbocycles. The normalized spacial score (nSPS) is 22.4. The van der Waals surface area contributed by atoms with E-state index >= 15 is 0 Å². The predicted molar refractivity (Wildman–Crippen MR) is 83.8 cm³/mol. The Morgan fingerprint density at radius 1 is 0.875 bits per heavy atom. The Morgan fingerprint density at radius 2 is 1.54 bits per heavy atom. The van der Waals surface area contributed by atoms with E-state index in [1.165, 1.54) is 30.3 Å². The van der Waals surface area contributed by atoms with Crippen LogP contribution >= 0.6 is 24.1 Å². The summed E-state index contributed by atoms with van der Waals surface area (Å²) in [6.45, 7) is 0. The van der Waals surface area contributed by atoms with E-state index in [-0.39, 0.29) is 5.75 Å². The highest BCUT2D eigenvalue weighted by Gasteiger charge is 2.32. The summed E-state index contributed by atoms with van der Waals surface area (Å²) in [6.07, 6.45) is 0. The highest BCUT2D eigenvalue weighted by Crippen LogP contribution is 2.72. The van der Waals surface area contributed by atoms with Crippen molar-refractivity contribution >= 4 is 24.1 Å². The first-order valence-electron chi connectivity index (χ1n) is 6.28. The fourth-order valence-corrected chi connectivity index (χ4v) is 5.76. The van der Waals surface area contributed by atoms with Crippen LogP contribution in [0.25, 0.3) is 11.1 Å². The summed E-state index contributed by atoms with van der Waals surface area (Å²) in [5.74, 6) is -2.03. The molecule has 0 radical (unpaired) electrons. The second-order valence-electron chi connectivity index (χ2n) is 4.53. The summed E-state index contributed by atoms with van der Waals surface area (Å²) in [7, 11) is -9.96. The molecule has 0 fully saturated rings. The molecule has 3 rings (SSSR count). The van der Waals surface area contributed by atoms with Crippen molar-refractivity contribution in [3.8, 4) is 16.9 Å². The first-order valence-corrected chi connectivity index (χ1v) is 10.1. The summed E-state index contributed by atoms with van der Waals surface area (Å²) < 4.78 is 80.3. The Kier molecular flexibility index (Phi) is 4.60. The van der Waals surface area contributed by atoms with Gasteiger partial charge in [-0.25, -0.2) is 8.78 Å². The third kappa shape index (κ3) is 3.92. The minimum atomic E-state index is -5.05. The molecule has 1 atom stereocenters. The van der Waals surface area contributed by atoms with Crippen molar-refractivity contribution in [1.82, 2.24) is 0 Å². The molecular weight excluding hydrogens is 390 g/mol. The number of rotatable bonds is 3. The Hall–Kier alpha value is -1.55. The average Bonchev–Trinajstić information content (AvgIpc) is 2.49. The van der Waals surface area contributed by atoms with Gasteiger partial charge in [0.25, 0.3) is 0 Å². The van der Waals surface area contributed by atoms with Crippen LogP contribution in [-0.4, -0.2) is 0 Å². The van der Waals surface area contributed by atoms with Crippen molar-refractivity contribution in [1.29, 1.82) is 0 Å². The van der Waals surface area contributed by atoms with Crippen molar-refractivity contribution in [3.63, 3.8) is 0 Å². The van der Waals surface area contributed by atoms with Crippen molar-refractivity contribution < 1.29 is 25.9 Å². The maximum atomic E-state index is 14.2. The van der Waals surface area contributed by atoms with Crippen molar-refractivity contribution in [2.45, 2.75) is 0 Å². The molecule has 4 nitrogen and oxygen atoms in total. The summed E-state index contributed by atoms with van der Waals surface area (Å²) in [5, 5.41) is 0. The maximum Gasteiger partial charge on any atom is 0.442 e. The standard InChI is InChI=1S/C12H7F5N3OP3/c13-11-6-3-9(7-12(11)14)8-1-4-10(5-2-8)21-24(17)19-22-18-23(15,16)20-24/h1-7H. The smallest absolute Gasteiger partial charge is 0.419 e. The van der Waals surface area contributed by atoms with Crippen LogP contribution in [0.4, 0.5) is 21.4 Å². The van der Waals surface area contributed by atoms with E-state index in [9.17, 15) is 21.4 Å². The second-order valence-corrected chi connectivity index (χ2v) is 8.90. The Balaban J connectivity index is 1.85. The van der Waals surface area contributed by atoms with Crippen LogP contribution in [-0.2, 0) is 0 Å². The van der Waals surface area contributed by atoms with Gasteiger partial charge in [-0.05, 0) is 35.4 Å². The molecule has 0 aliphatic carbocycles. The summed E-state index contributed by atoms with van der Waals surface area (Å²) in [5.41, 5.74) is 0.906. The van der Waals surface area contributed by atoms with Gasteiger partial charge >= 0.3 is 15.6 Å².